The van der Waals surface area contributed by atoms with E-state index in [9.17, 15) is 9.59 Å². The summed E-state index contributed by atoms with van der Waals surface area (Å²) in [5.74, 6) is 0.364. The van der Waals surface area contributed by atoms with Gasteiger partial charge in [0, 0.05) is 16.7 Å². The van der Waals surface area contributed by atoms with Gasteiger partial charge in [0.25, 0.3) is 5.91 Å². The first-order valence-electron chi connectivity index (χ1n) is 8.41. The van der Waals surface area contributed by atoms with Crippen molar-refractivity contribution in [3.05, 3.63) is 71.9 Å². The molecule has 2 amide bonds. The number of thioether (sulfide) groups is 1. The van der Waals surface area contributed by atoms with E-state index < -0.39 is 6.04 Å². The molecule has 2 atom stereocenters. The molecule has 2 aliphatic heterocycles. The van der Waals surface area contributed by atoms with E-state index in [4.69, 9.17) is 0 Å². The minimum atomic E-state index is -0.476. The van der Waals surface area contributed by atoms with Crippen molar-refractivity contribution >= 4 is 40.2 Å². The van der Waals surface area contributed by atoms with Gasteiger partial charge in [0.15, 0.2) is 0 Å². The molecule has 2 aliphatic rings. The van der Waals surface area contributed by atoms with E-state index in [0.29, 0.717) is 17.0 Å². The van der Waals surface area contributed by atoms with Gasteiger partial charge in [0.1, 0.15) is 11.4 Å². The van der Waals surface area contributed by atoms with Crippen LogP contribution >= 0.6 is 11.8 Å². The third-order valence-electron chi connectivity index (χ3n) is 4.85. The zero-order chi connectivity index (χ0) is 17.7. The van der Waals surface area contributed by atoms with Crippen molar-refractivity contribution in [1.82, 2.24) is 9.88 Å². The molecule has 26 heavy (non-hydrogen) atoms. The van der Waals surface area contributed by atoms with Gasteiger partial charge in [-0.05, 0) is 23.8 Å². The summed E-state index contributed by atoms with van der Waals surface area (Å²) < 4.78 is 0. The van der Waals surface area contributed by atoms with Gasteiger partial charge < -0.3 is 10.2 Å². The fourth-order valence-electron chi connectivity index (χ4n) is 3.61. The molecule has 128 valence electrons. The second kappa shape index (κ2) is 5.85. The number of anilines is 1. The molecular weight excluding hydrogens is 346 g/mol. The van der Waals surface area contributed by atoms with Crippen LogP contribution in [0.5, 0.6) is 0 Å². The number of para-hydroxylation sites is 1. The van der Waals surface area contributed by atoms with Crippen LogP contribution in [0.15, 0.2) is 60.8 Å². The number of nitrogens with one attached hydrogen (secondary N) is 1. The van der Waals surface area contributed by atoms with Gasteiger partial charge in [0.05, 0.1) is 17.4 Å². The highest BCUT2D eigenvalue weighted by molar-refractivity contribution is 7.99. The van der Waals surface area contributed by atoms with Crippen LogP contribution in [0.25, 0.3) is 10.9 Å². The molecule has 3 heterocycles. The largest absolute Gasteiger partial charge is 0.323 e. The Morgan fingerprint density at radius 1 is 1.15 bits per heavy atom. The lowest BCUT2D eigenvalue weighted by molar-refractivity contribution is -0.119. The molecule has 0 spiro atoms. The minimum absolute atomic E-state index is 0.0626. The average molecular weight is 361 g/mol. The zero-order valence-corrected chi connectivity index (χ0v) is 14.6. The molecule has 1 N–H and O–H groups in total. The van der Waals surface area contributed by atoms with Crippen molar-refractivity contribution in [3.8, 4) is 0 Å². The molecule has 6 heteroatoms. The molecule has 3 aromatic rings. The van der Waals surface area contributed by atoms with Gasteiger partial charge in [-0.2, -0.15) is 0 Å². The predicted octanol–water partition coefficient (Wildman–Crippen LogP) is 3.44. The number of aromatic nitrogens is 1. The van der Waals surface area contributed by atoms with Crippen LogP contribution in [-0.4, -0.2) is 33.5 Å². The number of fused-ring (bicyclic) bond motifs is 4. The monoisotopic (exact) mass is 361 g/mol. The van der Waals surface area contributed by atoms with Crippen molar-refractivity contribution in [3.63, 3.8) is 0 Å². The molecule has 5 nitrogen and oxygen atoms in total. The maximum atomic E-state index is 12.8. The first-order chi connectivity index (χ1) is 12.7. The Bertz CT molecular complexity index is 1050. The normalized spacial score (nSPS) is 20.9. The van der Waals surface area contributed by atoms with E-state index in [2.05, 4.69) is 10.3 Å². The van der Waals surface area contributed by atoms with E-state index in [1.54, 1.807) is 22.9 Å². The van der Waals surface area contributed by atoms with Gasteiger partial charge in [0.2, 0.25) is 5.91 Å². The Balaban J connectivity index is 1.40. The fraction of sp³-hybridized carbons (Fsp3) is 0.150. The maximum Gasteiger partial charge on any atom is 0.256 e. The van der Waals surface area contributed by atoms with Crippen LogP contribution in [-0.2, 0) is 4.79 Å². The molecule has 0 unspecified atom stereocenters. The van der Waals surface area contributed by atoms with Crippen molar-refractivity contribution in [2.45, 2.75) is 11.4 Å². The standard InChI is InChI=1S/C20H15N3O2S/c24-18(22-13-9-12-5-1-4-8-16(12)21-10-13)17-11-26-20-15-7-3-2-6-14(15)19(25)23(17)20/h1-10,17,20H,11H2,(H,22,24)/t17-,20-/m0/s1. The Morgan fingerprint density at radius 2 is 1.96 bits per heavy atom. The second-order valence-corrected chi connectivity index (χ2v) is 7.52. The summed E-state index contributed by atoms with van der Waals surface area (Å²) >= 11 is 1.64. The lowest BCUT2D eigenvalue weighted by Gasteiger charge is -2.22. The molecule has 1 saturated heterocycles. The van der Waals surface area contributed by atoms with Crippen LogP contribution in [0.1, 0.15) is 21.3 Å². The fourth-order valence-corrected chi connectivity index (χ4v) is 5.07. The highest BCUT2D eigenvalue weighted by Gasteiger charge is 2.48. The van der Waals surface area contributed by atoms with Gasteiger partial charge in [-0.25, -0.2) is 0 Å². The molecule has 5 rings (SSSR count). The molecule has 1 aromatic heterocycles. The smallest absolute Gasteiger partial charge is 0.256 e. The molecule has 0 saturated carbocycles. The number of amides is 2. The maximum absolute atomic E-state index is 12.8. The topological polar surface area (TPSA) is 62.3 Å². The summed E-state index contributed by atoms with van der Waals surface area (Å²) in [4.78, 5) is 31.7. The van der Waals surface area contributed by atoms with Crippen LogP contribution in [0.2, 0.25) is 0 Å². The van der Waals surface area contributed by atoms with E-state index >= 15 is 0 Å². The number of carbonyl (C=O) groups excluding carboxylic acids is 2. The lowest BCUT2D eigenvalue weighted by Crippen LogP contribution is -2.42. The first-order valence-corrected chi connectivity index (χ1v) is 9.46. The van der Waals surface area contributed by atoms with Gasteiger partial charge in [-0.15, -0.1) is 11.8 Å². The Labute approximate surface area is 154 Å². The summed E-state index contributed by atoms with van der Waals surface area (Å²) in [6.07, 6.45) is 1.65. The Kier molecular flexibility index (Phi) is 3.46. The molecule has 2 aromatic carbocycles. The summed E-state index contributed by atoms with van der Waals surface area (Å²) in [7, 11) is 0. The summed E-state index contributed by atoms with van der Waals surface area (Å²) in [6, 6.07) is 16.8. The lowest BCUT2D eigenvalue weighted by atomic mass is 10.1. The Morgan fingerprint density at radius 3 is 2.88 bits per heavy atom. The van der Waals surface area contributed by atoms with Crippen molar-refractivity contribution in [2.75, 3.05) is 11.1 Å². The number of hydrogen-bond acceptors (Lipinski definition) is 4. The van der Waals surface area contributed by atoms with Gasteiger partial charge in [-0.3, -0.25) is 14.6 Å². The van der Waals surface area contributed by atoms with Crippen LogP contribution in [0.3, 0.4) is 0 Å². The first kappa shape index (κ1) is 15.4. The highest BCUT2D eigenvalue weighted by Crippen LogP contribution is 2.48. The van der Waals surface area contributed by atoms with E-state index in [1.807, 2.05) is 54.6 Å². The zero-order valence-electron chi connectivity index (χ0n) is 13.8. The molecule has 0 aliphatic carbocycles. The SMILES string of the molecule is O=C(Nc1cnc2ccccc2c1)[C@@H]1CS[C@H]2c3ccccc3C(=O)N12. The van der Waals surface area contributed by atoms with Crippen LogP contribution < -0.4 is 5.32 Å². The number of hydrogen-bond donors (Lipinski definition) is 1. The molecule has 0 radical (unpaired) electrons. The number of rotatable bonds is 2. The molecular formula is C20H15N3O2S. The summed E-state index contributed by atoms with van der Waals surface area (Å²) in [5, 5.41) is 3.83. The summed E-state index contributed by atoms with van der Waals surface area (Å²) in [5.41, 5.74) is 3.23. The Hall–Kier alpha value is -2.86. The number of carbonyl (C=O) groups is 2. The minimum Gasteiger partial charge on any atom is -0.323 e. The van der Waals surface area contributed by atoms with E-state index in [0.717, 1.165) is 16.5 Å². The van der Waals surface area contributed by atoms with E-state index in [1.165, 1.54) is 0 Å². The number of pyridine rings is 1. The van der Waals surface area contributed by atoms with Crippen molar-refractivity contribution < 1.29 is 9.59 Å². The third-order valence-corrected chi connectivity index (χ3v) is 6.16. The quantitative estimate of drug-likeness (QED) is 0.759. The molecule has 0 bridgehead atoms. The average Bonchev–Trinajstić information content (AvgIpc) is 3.22. The van der Waals surface area contributed by atoms with Crippen LogP contribution in [0.4, 0.5) is 5.69 Å². The van der Waals surface area contributed by atoms with Crippen LogP contribution in [0, 0.1) is 0 Å². The molecule has 1 fully saturated rings. The second-order valence-electron chi connectivity index (χ2n) is 6.41. The summed E-state index contributed by atoms with van der Waals surface area (Å²) in [6.45, 7) is 0. The number of benzene rings is 2. The highest BCUT2D eigenvalue weighted by atomic mass is 32.2. The number of nitrogens with zero attached hydrogens (tertiary/aromatic N) is 2. The van der Waals surface area contributed by atoms with E-state index in [-0.39, 0.29) is 17.2 Å². The third kappa shape index (κ3) is 2.29. The van der Waals surface area contributed by atoms with Crippen molar-refractivity contribution in [2.24, 2.45) is 0 Å². The predicted molar refractivity (Wildman–Crippen MR) is 102 cm³/mol. The van der Waals surface area contributed by atoms with Gasteiger partial charge in [-0.1, -0.05) is 36.4 Å². The van der Waals surface area contributed by atoms with Gasteiger partial charge >= 0.3 is 0 Å². The van der Waals surface area contributed by atoms with Crippen molar-refractivity contribution in [1.29, 1.82) is 0 Å².